The molecule has 2 aliphatic heterocycles. The molecule has 4 rings (SSSR count). The van der Waals surface area contributed by atoms with Crippen LogP contribution in [0.4, 0.5) is 10.6 Å². The van der Waals surface area contributed by atoms with E-state index in [0.29, 0.717) is 13.1 Å². The van der Waals surface area contributed by atoms with Crippen LogP contribution in [0.2, 0.25) is 0 Å². The number of carbonyl (C=O) groups is 1. The third-order valence-corrected chi connectivity index (χ3v) is 6.11. The maximum atomic E-state index is 11.7. The number of hydrogen-bond acceptors (Lipinski definition) is 5. The van der Waals surface area contributed by atoms with Crippen molar-refractivity contribution < 1.29 is 4.79 Å². The average molecular weight is 446 g/mol. The van der Waals surface area contributed by atoms with Crippen LogP contribution in [0.15, 0.2) is 40.2 Å². The first-order valence-corrected chi connectivity index (χ1v) is 10.3. The van der Waals surface area contributed by atoms with Crippen molar-refractivity contribution in [2.45, 2.75) is 32.5 Å². The first-order valence-electron chi connectivity index (χ1n) is 9.52. The molecule has 0 saturated carbocycles. The molecule has 2 amide bonds. The van der Waals surface area contributed by atoms with Crippen LogP contribution in [-0.2, 0) is 6.54 Å². The molecular weight excluding hydrogens is 422 g/mol. The van der Waals surface area contributed by atoms with E-state index in [1.807, 2.05) is 23.0 Å². The molecule has 1 saturated heterocycles. The number of nitrogens with two attached hydrogens (primary N) is 1. The number of aliphatic imine (C=N–C) groups is 1. The van der Waals surface area contributed by atoms with Gasteiger partial charge in [-0.15, -0.1) is 0 Å². The maximum absolute atomic E-state index is 11.7. The minimum absolute atomic E-state index is 0.0297. The lowest BCUT2D eigenvalue weighted by Crippen LogP contribution is -2.48. The molecule has 148 valence electrons. The normalized spacial score (nSPS) is 24.6. The van der Waals surface area contributed by atoms with Gasteiger partial charge >= 0.3 is 6.03 Å². The summed E-state index contributed by atoms with van der Waals surface area (Å²) in [6.45, 7) is 4.20. The van der Waals surface area contributed by atoms with Crippen molar-refractivity contribution >= 4 is 33.5 Å². The van der Waals surface area contributed by atoms with E-state index in [1.54, 1.807) is 17.3 Å². The molecule has 2 aromatic heterocycles. The summed E-state index contributed by atoms with van der Waals surface area (Å²) < 4.78 is 2.80. The van der Waals surface area contributed by atoms with Crippen molar-refractivity contribution in [1.29, 1.82) is 0 Å². The van der Waals surface area contributed by atoms with Crippen molar-refractivity contribution in [1.82, 2.24) is 25.0 Å². The lowest BCUT2D eigenvalue weighted by Gasteiger charge is -2.38. The Bertz CT molecular complexity index is 882. The number of amides is 2. The summed E-state index contributed by atoms with van der Waals surface area (Å²) in [6, 6.07) is 3.63. The molecule has 9 heteroatoms. The van der Waals surface area contributed by atoms with Crippen molar-refractivity contribution in [3.8, 4) is 0 Å². The Kier molecular flexibility index (Phi) is 5.45. The number of nitrogens with one attached hydrogen (secondary N) is 1. The Morgan fingerprint density at radius 1 is 1.43 bits per heavy atom. The van der Waals surface area contributed by atoms with Crippen molar-refractivity contribution in [2.75, 3.05) is 13.1 Å². The molecule has 2 aromatic rings. The van der Waals surface area contributed by atoms with Crippen LogP contribution in [0.3, 0.4) is 0 Å². The van der Waals surface area contributed by atoms with E-state index in [1.165, 1.54) is 0 Å². The van der Waals surface area contributed by atoms with E-state index in [0.717, 1.165) is 41.0 Å². The fourth-order valence-corrected chi connectivity index (χ4v) is 4.47. The number of primary amides is 1. The first kappa shape index (κ1) is 19.1. The van der Waals surface area contributed by atoms with Crippen molar-refractivity contribution in [3.05, 3.63) is 40.8 Å². The monoisotopic (exact) mass is 445 g/mol. The highest BCUT2D eigenvalue weighted by molar-refractivity contribution is 9.10. The summed E-state index contributed by atoms with van der Waals surface area (Å²) in [5.74, 6) is 1.15. The molecule has 8 nitrogen and oxygen atoms in total. The smallest absolute Gasteiger partial charge is 0.314 e. The fourth-order valence-electron chi connectivity index (χ4n) is 4.11. The minimum atomic E-state index is -0.355. The number of carbonyl (C=O) groups excluding carboxylic acids is 1. The summed E-state index contributed by atoms with van der Waals surface area (Å²) in [6.07, 6.45) is 7.33. The Morgan fingerprint density at radius 3 is 3.04 bits per heavy atom. The minimum Gasteiger partial charge on any atom is -0.351 e. The Labute approximate surface area is 172 Å². The van der Waals surface area contributed by atoms with Crippen LogP contribution in [0, 0.1) is 11.8 Å². The molecule has 3 unspecified atom stereocenters. The van der Waals surface area contributed by atoms with Gasteiger partial charge in [-0.2, -0.15) is 5.10 Å². The number of likely N-dealkylation sites (tertiary alicyclic amines) is 1. The molecule has 4 heterocycles. The number of aromatic nitrogens is 3. The van der Waals surface area contributed by atoms with Gasteiger partial charge in [0.2, 0.25) is 0 Å². The first-order chi connectivity index (χ1) is 13.5. The number of fused-ring (bicyclic) bond motifs is 1. The van der Waals surface area contributed by atoms with Gasteiger partial charge < -0.3 is 10.6 Å². The summed E-state index contributed by atoms with van der Waals surface area (Å²) in [5.41, 5.74) is 7.74. The Balaban J connectivity index is 1.60. The van der Waals surface area contributed by atoms with E-state index in [9.17, 15) is 4.79 Å². The summed E-state index contributed by atoms with van der Waals surface area (Å²) in [4.78, 5) is 22.5. The van der Waals surface area contributed by atoms with E-state index in [-0.39, 0.29) is 24.0 Å². The van der Waals surface area contributed by atoms with Gasteiger partial charge in [0.1, 0.15) is 6.17 Å². The zero-order valence-electron chi connectivity index (χ0n) is 15.8. The second kappa shape index (κ2) is 8.00. The molecular formula is C19H24BrN7O. The van der Waals surface area contributed by atoms with Gasteiger partial charge in [-0.05, 0) is 40.4 Å². The van der Waals surface area contributed by atoms with Crippen molar-refractivity contribution in [3.63, 3.8) is 0 Å². The summed E-state index contributed by atoms with van der Waals surface area (Å²) in [5, 5.41) is 8.14. The molecule has 0 radical (unpaired) electrons. The van der Waals surface area contributed by atoms with E-state index >= 15 is 0 Å². The van der Waals surface area contributed by atoms with Gasteiger partial charge in [0.15, 0.2) is 5.82 Å². The predicted molar refractivity (Wildman–Crippen MR) is 110 cm³/mol. The van der Waals surface area contributed by atoms with Crippen molar-refractivity contribution in [2.24, 2.45) is 22.6 Å². The van der Waals surface area contributed by atoms with Gasteiger partial charge in [0.05, 0.1) is 10.7 Å². The quantitative estimate of drug-likeness (QED) is 0.754. The molecule has 3 atom stereocenters. The highest BCUT2D eigenvalue weighted by atomic mass is 79.9. The van der Waals surface area contributed by atoms with Crippen LogP contribution < -0.4 is 11.1 Å². The molecule has 0 spiro atoms. The highest BCUT2D eigenvalue weighted by Gasteiger charge is 2.37. The lowest BCUT2D eigenvalue weighted by atomic mass is 9.84. The summed E-state index contributed by atoms with van der Waals surface area (Å²) >= 11 is 3.57. The predicted octanol–water partition coefficient (Wildman–Crippen LogP) is 2.84. The van der Waals surface area contributed by atoms with Gasteiger partial charge in [-0.3, -0.25) is 10.3 Å². The number of pyridine rings is 1. The van der Waals surface area contributed by atoms with Gasteiger partial charge in [0.25, 0.3) is 0 Å². The van der Waals surface area contributed by atoms with Crippen LogP contribution in [0.25, 0.3) is 0 Å². The van der Waals surface area contributed by atoms with Crippen LogP contribution >= 0.6 is 15.9 Å². The Morgan fingerprint density at radius 2 is 2.29 bits per heavy atom. The second-order valence-electron chi connectivity index (χ2n) is 7.40. The van der Waals surface area contributed by atoms with E-state index in [4.69, 9.17) is 10.7 Å². The van der Waals surface area contributed by atoms with Gasteiger partial charge in [-0.1, -0.05) is 13.0 Å². The number of nitrogens with zero attached hydrogens (tertiary/aromatic N) is 5. The topological polar surface area (TPSA) is 101 Å². The molecule has 0 aliphatic carbocycles. The fraction of sp³-hybridized carbons (Fsp3) is 0.474. The zero-order chi connectivity index (χ0) is 19.7. The average Bonchev–Trinajstić information content (AvgIpc) is 3.08. The largest absolute Gasteiger partial charge is 0.351 e. The standard InChI is InChI=1S/C19H24BrN7O/c1-12-16(14-5-3-7-26(11-14)19(21)28)25-18-15(20)10-24-27(18)17(12)23-9-13-4-2-6-22-8-13/h2,4,6,8,10,12,14,17,23H,3,5,7,9,11H2,1H3,(H2,21,28). The second-order valence-corrected chi connectivity index (χ2v) is 8.25. The zero-order valence-corrected chi connectivity index (χ0v) is 17.3. The van der Waals surface area contributed by atoms with Gasteiger partial charge in [0, 0.05) is 49.6 Å². The molecule has 1 fully saturated rings. The number of rotatable bonds is 4. The van der Waals surface area contributed by atoms with E-state index < -0.39 is 0 Å². The highest BCUT2D eigenvalue weighted by Crippen LogP contribution is 2.38. The summed E-state index contributed by atoms with van der Waals surface area (Å²) in [7, 11) is 0. The van der Waals surface area contributed by atoms with Crippen LogP contribution in [0.5, 0.6) is 0 Å². The van der Waals surface area contributed by atoms with Crippen LogP contribution in [0.1, 0.15) is 31.5 Å². The lowest BCUT2D eigenvalue weighted by molar-refractivity contribution is 0.185. The molecule has 2 aliphatic rings. The molecule has 0 aromatic carbocycles. The Hall–Kier alpha value is -2.26. The van der Waals surface area contributed by atoms with Gasteiger partial charge in [-0.25, -0.2) is 14.5 Å². The molecule has 0 bridgehead atoms. The third kappa shape index (κ3) is 3.68. The van der Waals surface area contributed by atoms with E-state index in [2.05, 4.69) is 38.3 Å². The SMILES string of the molecule is CC1C(C2CCCN(C(N)=O)C2)=Nc2c(Br)cnn2C1NCc1cccnc1. The third-order valence-electron chi connectivity index (χ3n) is 5.55. The number of hydrogen-bond donors (Lipinski definition) is 2. The molecule has 3 N–H and O–H groups in total. The number of halogens is 1. The molecule has 28 heavy (non-hydrogen) atoms. The number of piperidine rings is 1. The number of urea groups is 1. The van der Waals surface area contributed by atoms with Crippen LogP contribution in [-0.4, -0.2) is 44.5 Å². The maximum Gasteiger partial charge on any atom is 0.314 e.